The van der Waals surface area contributed by atoms with Crippen LogP contribution >= 0.6 is 0 Å². The maximum atomic E-state index is 16.5. The highest BCUT2D eigenvalue weighted by Gasteiger charge is 2.51. The summed E-state index contributed by atoms with van der Waals surface area (Å²) >= 11 is 0. The summed E-state index contributed by atoms with van der Waals surface area (Å²) in [6.45, 7) is 10.6. The third-order valence-corrected chi connectivity index (χ3v) is 15.1. The number of carbonyl (C=O) groups excluding carboxylic acids is 4. The summed E-state index contributed by atoms with van der Waals surface area (Å²) in [5, 5.41) is 10.0. The number of halogens is 1. The van der Waals surface area contributed by atoms with Gasteiger partial charge in [-0.15, -0.1) is 0 Å². The number of imidazole rings is 1. The van der Waals surface area contributed by atoms with E-state index in [2.05, 4.69) is 47.1 Å². The Kier molecular flexibility index (Phi) is 10.4. The first-order chi connectivity index (χ1) is 31.8. The maximum absolute atomic E-state index is 16.5. The molecule has 66 heavy (non-hydrogen) atoms. The van der Waals surface area contributed by atoms with Gasteiger partial charge in [0.1, 0.15) is 12.2 Å². The molecule has 5 atom stereocenters. The van der Waals surface area contributed by atoms with E-state index in [0.717, 1.165) is 65.9 Å². The van der Waals surface area contributed by atoms with Crippen LogP contribution in [0.15, 0.2) is 54.7 Å². The number of alkyl halides is 1. The first kappa shape index (κ1) is 42.3. The van der Waals surface area contributed by atoms with Crippen molar-refractivity contribution in [1.82, 2.24) is 34.5 Å². The van der Waals surface area contributed by atoms with E-state index < -0.39 is 23.5 Å². The largest absolute Gasteiger partial charge is 0.477 e. The zero-order chi connectivity index (χ0) is 45.6. The maximum Gasteiger partial charge on any atom is 0.258 e. The Bertz CT molecular complexity index is 2790. The van der Waals surface area contributed by atoms with E-state index in [0.29, 0.717) is 85.5 Å². The first-order valence-corrected chi connectivity index (χ1v) is 23.4. The number of anilines is 4. The number of rotatable bonds is 4. The van der Waals surface area contributed by atoms with E-state index in [9.17, 15) is 19.2 Å². The van der Waals surface area contributed by atoms with Crippen molar-refractivity contribution in [3.05, 3.63) is 71.5 Å². The molecule has 344 valence electrons. The third kappa shape index (κ3) is 7.26. The third-order valence-electron chi connectivity index (χ3n) is 15.1. The summed E-state index contributed by atoms with van der Waals surface area (Å²) in [4.78, 5) is 70.8. The van der Waals surface area contributed by atoms with Gasteiger partial charge in [-0.05, 0) is 107 Å². The molecule has 3 aromatic heterocycles. The predicted octanol–water partition coefficient (Wildman–Crippen LogP) is 5.37. The molecule has 16 nitrogen and oxygen atoms in total. The van der Waals surface area contributed by atoms with Crippen LogP contribution in [0.5, 0.6) is 5.88 Å². The highest BCUT2D eigenvalue weighted by molar-refractivity contribution is 6.15. The van der Waals surface area contributed by atoms with Crippen molar-refractivity contribution in [2.75, 3.05) is 65.9 Å². The Labute approximate surface area is 382 Å². The normalized spacial score (nSPS) is 25.7. The van der Waals surface area contributed by atoms with Gasteiger partial charge in [-0.2, -0.15) is 5.10 Å². The molecule has 2 aromatic carbocycles. The van der Waals surface area contributed by atoms with Gasteiger partial charge in [0.2, 0.25) is 29.5 Å². The second-order valence-corrected chi connectivity index (χ2v) is 19.7. The lowest BCUT2D eigenvalue weighted by Gasteiger charge is -2.45. The quantitative estimate of drug-likeness (QED) is 0.223. The van der Waals surface area contributed by atoms with Crippen LogP contribution in [-0.4, -0.2) is 117 Å². The number of piperidine rings is 2. The summed E-state index contributed by atoms with van der Waals surface area (Å²) in [5.74, 6) is 0.687. The van der Waals surface area contributed by atoms with Crippen LogP contribution in [0.1, 0.15) is 74.0 Å². The standard InChI is InChI=1S/C49H56FN11O5/c1-28-20-31-22-36(52-28)33-24-51-56(4)46(33)66-27-30-9-8-29(21-30)25-60-41-23-32(10-11-35(41)53-48(60)55-44(31)63)57-16-18-58(19-17-57)37-14-15-59(26-34(37)50)38-6-5-7-39-43(38)49(2,3)47(65)61(39)40-12-13-42(62)54-45(40)64/h5-7,10-11,20,22-24,29-30,34,37,40H,8-9,12-19,21,25-27H2,1-4H3,(H,53,55,63)(H,54,62,64)/t29-,30+,34+,37-,40?/m1/s1. The number of ether oxygens (including phenoxy) is 1. The van der Waals surface area contributed by atoms with Crippen molar-refractivity contribution < 1.29 is 28.3 Å². The second-order valence-electron chi connectivity index (χ2n) is 19.7. The van der Waals surface area contributed by atoms with Gasteiger partial charge in [-0.25, -0.2) is 14.1 Å². The summed E-state index contributed by atoms with van der Waals surface area (Å²) in [5.41, 5.74) is 6.77. The minimum atomic E-state index is -1.11. The number of hydrogen-bond acceptors (Lipinski definition) is 11. The van der Waals surface area contributed by atoms with Crippen molar-refractivity contribution in [3.8, 4) is 17.1 Å². The van der Waals surface area contributed by atoms with Crippen LogP contribution < -0.4 is 30.1 Å². The SMILES string of the molecule is Cc1cc2cc(n1)-c1cnn(C)c1OC[C@H]1CC[C@H](C1)Cn1c(nc3ccc(N4CCN([C@@H]5CCN(c6cccc7c6C(C)(C)C(=O)N7C6CCC(=O)NC6=O)C[C@@H]5F)CC4)cc31)NC2=O. The molecule has 5 aliphatic heterocycles. The number of amides is 4. The lowest BCUT2D eigenvalue weighted by Crippen LogP contribution is -2.58. The summed E-state index contributed by atoms with van der Waals surface area (Å²) in [6, 6.07) is 14.6. The van der Waals surface area contributed by atoms with Gasteiger partial charge in [0.05, 0.1) is 52.7 Å². The van der Waals surface area contributed by atoms with Gasteiger partial charge in [-0.1, -0.05) is 6.07 Å². The molecule has 17 heteroatoms. The molecular formula is C49H56FN11O5. The monoisotopic (exact) mass is 897 g/mol. The van der Waals surface area contributed by atoms with Crippen LogP contribution in [-0.2, 0) is 33.4 Å². The van der Waals surface area contributed by atoms with Crippen molar-refractivity contribution >= 4 is 57.7 Å². The number of nitrogens with one attached hydrogen (secondary N) is 2. The summed E-state index contributed by atoms with van der Waals surface area (Å²) in [7, 11) is 1.86. The van der Waals surface area contributed by atoms with Gasteiger partial charge in [0.25, 0.3) is 5.91 Å². The van der Waals surface area contributed by atoms with E-state index in [1.54, 1.807) is 27.9 Å². The van der Waals surface area contributed by atoms with Crippen LogP contribution in [0.4, 0.5) is 27.4 Å². The lowest BCUT2D eigenvalue weighted by atomic mass is 9.84. The van der Waals surface area contributed by atoms with Crippen molar-refractivity contribution in [1.29, 1.82) is 0 Å². The van der Waals surface area contributed by atoms with Gasteiger partial charge in [-0.3, -0.25) is 44.6 Å². The highest BCUT2D eigenvalue weighted by Crippen LogP contribution is 2.49. The number of hydrogen-bond donors (Lipinski definition) is 2. The lowest BCUT2D eigenvalue weighted by molar-refractivity contribution is -0.136. The van der Waals surface area contributed by atoms with Crippen LogP contribution in [0.3, 0.4) is 0 Å². The molecule has 1 aliphatic carbocycles. The molecule has 4 bridgehead atoms. The van der Waals surface area contributed by atoms with Crippen molar-refractivity contribution in [2.45, 2.75) is 89.5 Å². The Morgan fingerprint density at radius 1 is 0.848 bits per heavy atom. The molecule has 0 spiro atoms. The molecule has 2 N–H and O–H groups in total. The van der Waals surface area contributed by atoms with Crippen LogP contribution in [0, 0.1) is 18.8 Å². The molecule has 1 unspecified atom stereocenters. The zero-order valence-electron chi connectivity index (χ0n) is 37.9. The van der Waals surface area contributed by atoms with E-state index in [4.69, 9.17) is 14.7 Å². The van der Waals surface area contributed by atoms with E-state index in [-0.39, 0.29) is 43.1 Å². The molecule has 4 fully saturated rings. The minimum absolute atomic E-state index is 0.172. The molecule has 1 saturated carbocycles. The Morgan fingerprint density at radius 3 is 2.45 bits per heavy atom. The molecule has 0 radical (unpaired) electrons. The molecule has 3 saturated heterocycles. The fourth-order valence-corrected chi connectivity index (χ4v) is 11.6. The van der Waals surface area contributed by atoms with Crippen LogP contribution in [0.2, 0.25) is 0 Å². The molecule has 8 heterocycles. The van der Waals surface area contributed by atoms with E-state index in [1.807, 2.05) is 52.1 Å². The molecule has 6 aliphatic rings. The number of benzene rings is 2. The zero-order valence-corrected chi connectivity index (χ0v) is 37.9. The molecule has 4 amide bonds. The average Bonchev–Trinajstić information content (AvgIpc) is 4.05. The Balaban J connectivity index is 0.795. The molecular weight excluding hydrogens is 842 g/mol. The van der Waals surface area contributed by atoms with Gasteiger partial charge < -0.3 is 19.1 Å². The Morgan fingerprint density at radius 2 is 1.65 bits per heavy atom. The molecule has 11 rings (SSSR count). The molecule has 5 aromatic rings. The number of carbonyl (C=O) groups is 4. The average molecular weight is 898 g/mol. The van der Waals surface area contributed by atoms with E-state index in [1.165, 1.54) is 0 Å². The first-order valence-electron chi connectivity index (χ1n) is 23.4. The smallest absolute Gasteiger partial charge is 0.258 e. The van der Waals surface area contributed by atoms with Gasteiger partial charge in [0, 0.05) is 87.0 Å². The minimum Gasteiger partial charge on any atom is -0.477 e. The fourth-order valence-electron chi connectivity index (χ4n) is 11.6. The number of fused-ring (bicyclic) bond motifs is 10. The van der Waals surface area contributed by atoms with E-state index >= 15 is 4.39 Å². The number of nitrogens with zero attached hydrogens (tertiary/aromatic N) is 9. The van der Waals surface area contributed by atoms with Crippen molar-refractivity contribution in [3.63, 3.8) is 0 Å². The number of aryl methyl sites for hydroxylation is 2. The predicted molar refractivity (Wildman–Crippen MR) is 248 cm³/mol. The number of piperazine rings is 1. The fraction of sp³-hybridized carbons (Fsp3) is 0.490. The topological polar surface area (TPSA) is 163 Å². The van der Waals surface area contributed by atoms with Crippen molar-refractivity contribution in [2.24, 2.45) is 18.9 Å². The summed E-state index contributed by atoms with van der Waals surface area (Å²) in [6.07, 6.45) is 4.80. The van der Waals surface area contributed by atoms with Gasteiger partial charge >= 0.3 is 0 Å². The number of aromatic nitrogens is 5. The van der Waals surface area contributed by atoms with Gasteiger partial charge in [0.15, 0.2) is 0 Å². The highest BCUT2D eigenvalue weighted by atomic mass is 19.1. The second kappa shape index (κ2) is 16.2. The number of imide groups is 1. The summed E-state index contributed by atoms with van der Waals surface area (Å²) < 4.78 is 26.9. The van der Waals surface area contributed by atoms with Crippen LogP contribution in [0.25, 0.3) is 22.3 Å². The Hall–Kier alpha value is -6.36. The number of pyridine rings is 1.